The number of benzene rings is 3. The second-order valence-corrected chi connectivity index (χ2v) is 6.56. The van der Waals surface area contributed by atoms with Crippen molar-refractivity contribution < 1.29 is 9.15 Å². The summed E-state index contributed by atoms with van der Waals surface area (Å²) in [5.41, 5.74) is 2.62. The Balaban J connectivity index is 1.82. The zero-order valence-electron chi connectivity index (χ0n) is 14.0. The van der Waals surface area contributed by atoms with Crippen LogP contribution < -0.4 is 10.4 Å². The summed E-state index contributed by atoms with van der Waals surface area (Å²) < 4.78 is 12.0. The first kappa shape index (κ1) is 15.0. The summed E-state index contributed by atoms with van der Waals surface area (Å²) in [5, 5.41) is 0.884. The van der Waals surface area contributed by atoms with Gasteiger partial charge in [-0.1, -0.05) is 66.7 Å². The molecule has 0 bridgehead atoms. The molecule has 1 aliphatic rings. The van der Waals surface area contributed by atoms with Crippen LogP contribution in [0.25, 0.3) is 11.0 Å². The van der Waals surface area contributed by atoms with E-state index in [2.05, 4.69) is 24.3 Å². The third-order valence-electron chi connectivity index (χ3n) is 5.02. The van der Waals surface area contributed by atoms with Gasteiger partial charge in [-0.05, 0) is 17.7 Å². The third-order valence-corrected chi connectivity index (χ3v) is 5.02. The highest BCUT2D eigenvalue weighted by Crippen LogP contribution is 2.45. The van der Waals surface area contributed by atoms with E-state index in [0.717, 1.165) is 27.8 Å². The molecule has 0 atom stereocenters. The van der Waals surface area contributed by atoms with Gasteiger partial charge in [-0.25, -0.2) is 4.79 Å². The molecular formula is C23H16O3. The van der Waals surface area contributed by atoms with E-state index in [1.807, 2.05) is 54.6 Å². The van der Waals surface area contributed by atoms with Crippen LogP contribution in [0.2, 0.25) is 0 Å². The summed E-state index contributed by atoms with van der Waals surface area (Å²) in [7, 11) is 0. The zero-order chi connectivity index (χ0) is 17.6. The Morgan fingerprint density at radius 2 is 1.42 bits per heavy atom. The fraction of sp³-hybridized carbons (Fsp3) is 0.0870. The van der Waals surface area contributed by atoms with Crippen LogP contribution in [-0.4, -0.2) is 0 Å². The lowest BCUT2D eigenvalue weighted by molar-refractivity contribution is 0.107. The molecule has 4 aromatic rings. The van der Waals surface area contributed by atoms with Crippen molar-refractivity contribution in [3.8, 4) is 5.75 Å². The molecule has 2 heterocycles. The fourth-order valence-corrected chi connectivity index (χ4v) is 3.88. The number of rotatable bonds is 2. The Kier molecular flexibility index (Phi) is 3.22. The Morgan fingerprint density at radius 3 is 2.08 bits per heavy atom. The number of ether oxygens (including phenoxy) is 1. The van der Waals surface area contributed by atoms with Gasteiger partial charge in [0, 0.05) is 23.6 Å². The molecule has 0 N–H and O–H groups in total. The SMILES string of the molecule is O=c1cc2c3c(cccc3o1)OC(c1ccccc1)(c1ccccc1)C2. The normalized spacial score (nSPS) is 14.8. The minimum absolute atomic E-state index is 0.332. The quantitative estimate of drug-likeness (QED) is 0.498. The van der Waals surface area contributed by atoms with Crippen LogP contribution in [0.3, 0.4) is 0 Å². The molecule has 126 valence electrons. The highest BCUT2D eigenvalue weighted by Gasteiger charge is 2.41. The monoisotopic (exact) mass is 340 g/mol. The van der Waals surface area contributed by atoms with Gasteiger partial charge >= 0.3 is 5.63 Å². The van der Waals surface area contributed by atoms with Crippen molar-refractivity contribution in [2.75, 3.05) is 0 Å². The number of hydrogen-bond acceptors (Lipinski definition) is 3. The minimum Gasteiger partial charge on any atom is -0.477 e. The van der Waals surface area contributed by atoms with E-state index >= 15 is 0 Å². The Morgan fingerprint density at radius 1 is 0.769 bits per heavy atom. The summed E-state index contributed by atoms with van der Waals surface area (Å²) >= 11 is 0. The van der Waals surface area contributed by atoms with Crippen molar-refractivity contribution in [2.24, 2.45) is 0 Å². The molecule has 0 unspecified atom stereocenters. The molecule has 0 fully saturated rings. The summed E-state index contributed by atoms with van der Waals surface area (Å²) in [4.78, 5) is 12.1. The molecule has 0 radical (unpaired) electrons. The largest absolute Gasteiger partial charge is 0.477 e. The van der Waals surface area contributed by atoms with Gasteiger partial charge in [-0.15, -0.1) is 0 Å². The van der Waals surface area contributed by atoms with Crippen molar-refractivity contribution >= 4 is 11.0 Å². The maximum absolute atomic E-state index is 12.1. The Labute approximate surface area is 150 Å². The summed E-state index contributed by atoms with van der Waals surface area (Å²) in [6.07, 6.45) is 0.570. The molecule has 0 saturated carbocycles. The van der Waals surface area contributed by atoms with Crippen molar-refractivity contribution in [3.63, 3.8) is 0 Å². The molecule has 1 aliphatic heterocycles. The average molecular weight is 340 g/mol. The first-order valence-electron chi connectivity index (χ1n) is 8.62. The lowest BCUT2D eigenvalue weighted by Crippen LogP contribution is -2.39. The van der Waals surface area contributed by atoms with E-state index in [4.69, 9.17) is 9.15 Å². The molecule has 0 saturated heterocycles. The Hall–Kier alpha value is -3.33. The maximum Gasteiger partial charge on any atom is 0.336 e. The van der Waals surface area contributed by atoms with E-state index < -0.39 is 5.60 Å². The smallest absolute Gasteiger partial charge is 0.336 e. The van der Waals surface area contributed by atoms with Crippen LogP contribution in [0.1, 0.15) is 16.7 Å². The van der Waals surface area contributed by atoms with Crippen LogP contribution in [-0.2, 0) is 12.0 Å². The third kappa shape index (κ3) is 2.17. The summed E-state index contributed by atoms with van der Waals surface area (Å²) in [6.45, 7) is 0. The zero-order valence-corrected chi connectivity index (χ0v) is 14.0. The van der Waals surface area contributed by atoms with Gasteiger partial charge in [-0.3, -0.25) is 0 Å². The molecular weight excluding hydrogens is 324 g/mol. The van der Waals surface area contributed by atoms with Crippen LogP contribution >= 0.6 is 0 Å². The van der Waals surface area contributed by atoms with Gasteiger partial charge in [0.25, 0.3) is 0 Å². The predicted molar refractivity (Wildman–Crippen MR) is 100 cm³/mol. The molecule has 0 amide bonds. The van der Waals surface area contributed by atoms with Gasteiger partial charge in [0.1, 0.15) is 11.3 Å². The van der Waals surface area contributed by atoms with Crippen molar-refractivity contribution in [3.05, 3.63) is 112 Å². The van der Waals surface area contributed by atoms with Gasteiger partial charge in [-0.2, -0.15) is 0 Å². The molecule has 3 aromatic carbocycles. The van der Waals surface area contributed by atoms with Gasteiger partial charge in [0.2, 0.25) is 0 Å². The van der Waals surface area contributed by atoms with Crippen LogP contribution in [0.4, 0.5) is 0 Å². The van der Waals surface area contributed by atoms with Crippen LogP contribution in [0.15, 0.2) is 94.1 Å². The molecule has 0 aliphatic carbocycles. The highest BCUT2D eigenvalue weighted by atomic mass is 16.5. The Bertz CT molecular complexity index is 1100. The molecule has 3 nitrogen and oxygen atoms in total. The first-order valence-corrected chi connectivity index (χ1v) is 8.62. The van der Waals surface area contributed by atoms with E-state index in [9.17, 15) is 4.79 Å². The fourth-order valence-electron chi connectivity index (χ4n) is 3.88. The lowest BCUT2D eigenvalue weighted by atomic mass is 9.79. The molecule has 1 aromatic heterocycles. The van der Waals surface area contributed by atoms with E-state index in [0.29, 0.717) is 12.0 Å². The van der Waals surface area contributed by atoms with Crippen LogP contribution in [0, 0.1) is 0 Å². The van der Waals surface area contributed by atoms with Gasteiger partial charge in [0.05, 0.1) is 5.39 Å². The van der Waals surface area contributed by atoms with Crippen molar-refractivity contribution in [1.82, 2.24) is 0 Å². The van der Waals surface area contributed by atoms with Gasteiger partial charge < -0.3 is 9.15 Å². The van der Waals surface area contributed by atoms with Crippen LogP contribution in [0.5, 0.6) is 5.75 Å². The average Bonchev–Trinajstić information content (AvgIpc) is 2.69. The van der Waals surface area contributed by atoms with E-state index in [1.165, 1.54) is 0 Å². The minimum atomic E-state index is -0.683. The first-order chi connectivity index (χ1) is 12.8. The molecule has 3 heteroatoms. The second kappa shape index (κ2) is 5.60. The van der Waals surface area contributed by atoms with Crippen molar-refractivity contribution in [1.29, 1.82) is 0 Å². The lowest BCUT2D eigenvalue weighted by Gasteiger charge is -2.39. The topological polar surface area (TPSA) is 39.4 Å². The predicted octanol–water partition coefficient (Wildman–Crippen LogP) is 4.67. The summed E-state index contributed by atoms with van der Waals surface area (Å²) in [6, 6.07) is 27.5. The maximum atomic E-state index is 12.1. The molecule has 0 spiro atoms. The van der Waals surface area contributed by atoms with Crippen molar-refractivity contribution in [2.45, 2.75) is 12.0 Å². The standard InChI is InChI=1S/C23H16O3/c24-21-14-16-15-23(17-8-3-1-4-9-17,18-10-5-2-6-11-18)26-20-13-7-12-19(25-21)22(16)20/h1-14H,15H2. The molecule has 5 rings (SSSR count). The van der Waals surface area contributed by atoms with E-state index in [-0.39, 0.29) is 5.63 Å². The highest BCUT2D eigenvalue weighted by molar-refractivity contribution is 5.88. The van der Waals surface area contributed by atoms with E-state index in [1.54, 1.807) is 6.07 Å². The second-order valence-electron chi connectivity index (χ2n) is 6.56. The summed E-state index contributed by atoms with van der Waals surface area (Å²) in [5.74, 6) is 0.736. The van der Waals surface area contributed by atoms with Gasteiger partial charge in [0.15, 0.2) is 5.60 Å². The molecule has 26 heavy (non-hydrogen) atoms. The number of hydrogen-bond donors (Lipinski definition) is 0.